The number of hydrogen-bond donors (Lipinski definition) is 1. The topological polar surface area (TPSA) is 90.4 Å². The maximum Gasteiger partial charge on any atom is 0.271 e. The van der Waals surface area contributed by atoms with Crippen molar-refractivity contribution in [3.63, 3.8) is 0 Å². The number of aliphatic hydroxyl groups is 1. The van der Waals surface area contributed by atoms with Crippen molar-refractivity contribution in [1.29, 1.82) is 0 Å². The van der Waals surface area contributed by atoms with Gasteiger partial charge in [0.05, 0.1) is 11.6 Å². The van der Waals surface area contributed by atoms with Crippen LogP contribution in [0.4, 0.5) is 0 Å². The van der Waals surface area contributed by atoms with Crippen LogP contribution in [0, 0.1) is 6.92 Å². The first-order chi connectivity index (χ1) is 19.8. The number of benzene rings is 3. The normalized spacial score (nSPS) is 12.1. The first-order valence-electron chi connectivity index (χ1n) is 13.2. The quantitative estimate of drug-likeness (QED) is 0.269. The fourth-order valence-corrected chi connectivity index (χ4v) is 4.78. The summed E-state index contributed by atoms with van der Waals surface area (Å²) in [6.45, 7) is 3.33. The first-order valence-corrected chi connectivity index (χ1v) is 13.6. The fraction of sp³-hybridized carbons (Fsp3) is 0.250. The van der Waals surface area contributed by atoms with Crippen LogP contribution < -0.4 is 18.9 Å². The molecule has 9 heteroatoms. The van der Waals surface area contributed by atoms with Gasteiger partial charge in [-0.05, 0) is 65.1 Å². The highest BCUT2D eigenvalue weighted by molar-refractivity contribution is 6.32. The molecule has 0 unspecified atom stereocenters. The number of aliphatic hydroxyl groups excluding tert-OH is 1. The number of halogens is 1. The van der Waals surface area contributed by atoms with E-state index in [0.717, 1.165) is 39.3 Å². The molecule has 0 saturated heterocycles. The monoisotopic (exact) mass is 574 g/mol. The van der Waals surface area contributed by atoms with Crippen LogP contribution in [0.3, 0.4) is 0 Å². The van der Waals surface area contributed by atoms with Gasteiger partial charge in [-0.2, -0.15) is 0 Å². The molecule has 41 heavy (non-hydrogen) atoms. The van der Waals surface area contributed by atoms with E-state index in [9.17, 15) is 9.90 Å². The van der Waals surface area contributed by atoms with Crippen LogP contribution in [0.25, 0.3) is 11.1 Å². The lowest BCUT2D eigenvalue weighted by Gasteiger charge is -2.20. The van der Waals surface area contributed by atoms with E-state index in [1.807, 2.05) is 30.3 Å². The lowest BCUT2D eigenvalue weighted by atomic mass is 9.96. The van der Waals surface area contributed by atoms with Gasteiger partial charge in [-0.1, -0.05) is 35.9 Å². The van der Waals surface area contributed by atoms with Crippen molar-refractivity contribution in [3.8, 4) is 34.1 Å². The van der Waals surface area contributed by atoms with Gasteiger partial charge in [0.25, 0.3) is 5.91 Å². The minimum Gasteiger partial charge on any atom is -0.488 e. The smallest absolute Gasteiger partial charge is 0.271 e. The van der Waals surface area contributed by atoms with Crippen LogP contribution in [0.1, 0.15) is 32.7 Å². The average molecular weight is 575 g/mol. The van der Waals surface area contributed by atoms with Gasteiger partial charge in [-0.25, -0.2) is 0 Å². The molecule has 0 aliphatic carbocycles. The molecule has 8 nitrogen and oxygen atoms in total. The van der Waals surface area contributed by atoms with E-state index in [2.05, 4.69) is 18.0 Å². The van der Waals surface area contributed by atoms with Gasteiger partial charge < -0.3 is 29.0 Å². The molecule has 1 aromatic heterocycles. The van der Waals surface area contributed by atoms with Crippen molar-refractivity contribution in [1.82, 2.24) is 9.88 Å². The molecule has 4 aromatic rings. The molecule has 0 bridgehead atoms. The molecule has 0 fully saturated rings. The molecule has 212 valence electrons. The number of carbonyl (C=O) groups is 1. The molecule has 1 aliphatic heterocycles. The van der Waals surface area contributed by atoms with E-state index in [1.165, 1.54) is 4.90 Å². The zero-order chi connectivity index (χ0) is 28.9. The molecule has 0 radical (unpaired) electrons. The molecular formula is C32H31ClN2O6. The number of ether oxygens (including phenoxy) is 4. The number of aromatic nitrogens is 1. The van der Waals surface area contributed by atoms with Crippen LogP contribution in [0.15, 0.2) is 66.9 Å². The van der Waals surface area contributed by atoms with Gasteiger partial charge in [0.1, 0.15) is 43.6 Å². The van der Waals surface area contributed by atoms with Gasteiger partial charge in [-0.15, -0.1) is 0 Å². The largest absolute Gasteiger partial charge is 0.488 e. The summed E-state index contributed by atoms with van der Waals surface area (Å²) in [6.07, 6.45) is 1.57. The molecule has 0 spiro atoms. The van der Waals surface area contributed by atoms with Crippen molar-refractivity contribution in [2.24, 2.45) is 0 Å². The lowest BCUT2D eigenvalue weighted by Crippen LogP contribution is -2.22. The summed E-state index contributed by atoms with van der Waals surface area (Å²) in [6, 6.07) is 18.8. The Morgan fingerprint density at radius 3 is 2.51 bits per heavy atom. The van der Waals surface area contributed by atoms with Crippen LogP contribution in [-0.2, 0) is 19.8 Å². The summed E-state index contributed by atoms with van der Waals surface area (Å²) in [5.74, 6) is 2.17. The highest BCUT2D eigenvalue weighted by Crippen LogP contribution is 2.37. The number of rotatable bonds is 9. The fourth-order valence-electron chi connectivity index (χ4n) is 4.53. The van der Waals surface area contributed by atoms with E-state index >= 15 is 0 Å². The van der Waals surface area contributed by atoms with E-state index in [-0.39, 0.29) is 25.7 Å². The predicted octanol–water partition coefficient (Wildman–Crippen LogP) is 5.83. The third kappa shape index (κ3) is 6.39. The minimum atomic E-state index is -0.257. The van der Waals surface area contributed by atoms with Crippen LogP contribution in [0.2, 0.25) is 5.02 Å². The van der Waals surface area contributed by atoms with E-state index in [0.29, 0.717) is 41.0 Å². The van der Waals surface area contributed by atoms with Crippen molar-refractivity contribution < 1.29 is 28.8 Å². The van der Waals surface area contributed by atoms with Crippen molar-refractivity contribution in [2.45, 2.75) is 26.7 Å². The summed E-state index contributed by atoms with van der Waals surface area (Å²) in [4.78, 5) is 17.9. The maximum atomic E-state index is 12.3. The number of pyridine rings is 1. The third-order valence-corrected chi connectivity index (χ3v) is 7.11. The number of carbonyl (C=O) groups excluding carboxylic acids is 1. The van der Waals surface area contributed by atoms with Crippen molar-refractivity contribution in [3.05, 3.63) is 99.8 Å². The maximum absolute atomic E-state index is 12.3. The highest BCUT2D eigenvalue weighted by Gasteiger charge is 2.16. The van der Waals surface area contributed by atoms with Gasteiger partial charge >= 0.3 is 0 Å². The highest BCUT2D eigenvalue weighted by atomic mass is 35.5. The first kappa shape index (κ1) is 28.3. The number of hydrogen-bond acceptors (Lipinski definition) is 7. The number of amides is 1. The van der Waals surface area contributed by atoms with Crippen molar-refractivity contribution in [2.75, 3.05) is 27.3 Å². The average Bonchev–Trinajstić information content (AvgIpc) is 2.99. The van der Waals surface area contributed by atoms with Gasteiger partial charge in [-0.3, -0.25) is 9.78 Å². The Labute approximate surface area is 244 Å². The van der Waals surface area contributed by atoms with Gasteiger partial charge in [0, 0.05) is 31.9 Å². The summed E-state index contributed by atoms with van der Waals surface area (Å²) in [5, 5.41) is 10.3. The molecule has 3 aromatic carbocycles. The molecule has 0 atom stereocenters. The summed E-state index contributed by atoms with van der Waals surface area (Å²) < 4.78 is 23.6. The Kier molecular flexibility index (Phi) is 8.61. The lowest BCUT2D eigenvalue weighted by molar-refractivity contribution is 0.0821. The SMILES string of the molecule is Cc1c(COc2cc(OCc3ccnc(C(=O)N(C)C)c3)c(CO)cc2Cl)cccc1-c1ccc2c(c1)OCCO2. The Morgan fingerprint density at radius 1 is 0.951 bits per heavy atom. The van der Waals surface area contributed by atoms with Crippen LogP contribution in [-0.4, -0.2) is 48.2 Å². The zero-order valence-electron chi connectivity index (χ0n) is 23.1. The third-order valence-electron chi connectivity index (χ3n) is 6.81. The number of nitrogens with zero attached hydrogens (tertiary/aromatic N) is 2. The van der Waals surface area contributed by atoms with E-state index in [1.54, 1.807) is 44.6 Å². The van der Waals surface area contributed by atoms with Gasteiger partial charge in [0.15, 0.2) is 11.5 Å². The Bertz CT molecular complexity index is 1570. The molecule has 1 aliphatic rings. The Hall–Kier alpha value is -4.27. The standard InChI is InChI=1S/C32H31ClN2O6/c1-20-23(5-4-6-25(20)22-7-8-28-31(15-22)39-12-11-38-28)19-41-30-16-29(24(17-36)14-26(30)33)40-18-21-9-10-34-27(13-21)32(37)35(2)3/h4-10,13-16,36H,11-12,17-19H2,1-3H3. The Balaban J connectivity index is 1.32. The summed E-state index contributed by atoms with van der Waals surface area (Å²) >= 11 is 6.52. The number of fused-ring (bicyclic) bond motifs is 1. The second-order valence-electron chi connectivity index (χ2n) is 9.82. The minimum absolute atomic E-state index is 0.168. The molecule has 2 heterocycles. The second-order valence-corrected chi connectivity index (χ2v) is 10.2. The molecule has 0 saturated carbocycles. The molecule has 1 N–H and O–H groups in total. The second kappa shape index (κ2) is 12.5. The van der Waals surface area contributed by atoms with E-state index in [4.69, 9.17) is 30.5 Å². The molecule has 1 amide bonds. The van der Waals surface area contributed by atoms with Crippen LogP contribution in [0.5, 0.6) is 23.0 Å². The zero-order valence-corrected chi connectivity index (χ0v) is 23.9. The summed E-state index contributed by atoms with van der Waals surface area (Å²) in [5.41, 5.74) is 5.78. The molecule has 5 rings (SSSR count). The Morgan fingerprint density at radius 2 is 1.73 bits per heavy atom. The predicted molar refractivity (Wildman–Crippen MR) is 156 cm³/mol. The van der Waals surface area contributed by atoms with Crippen LogP contribution >= 0.6 is 11.6 Å². The van der Waals surface area contributed by atoms with Crippen molar-refractivity contribution >= 4 is 17.5 Å². The van der Waals surface area contributed by atoms with Gasteiger partial charge in [0.2, 0.25) is 0 Å². The summed E-state index contributed by atoms with van der Waals surface area (Å²) in [7, 11) is 3.35. The van der Waals surface area contributed by atoms with E-state index < -0.39 is 0 Å². The molecular weight excluding hydrogens is 544 g/mol.